The number of allylic oxidation sites excluding steroid dienone is 6. The number of carbonyl (C=O) groups excluding carboxylic acids is 4. The van der Waals surface area contributed by atoms with Crippen LogP contribution in [0.5, 0.6) is 11.5 Å². The summed E-state index contributed by atoms with van der Waals surface area (Å²) < 4.78 is 5.45. The van der Waals surface area contributed by atoms with Crippen LogP contribution in [-0.4, -0.2) is 40.5 Å². The first kappa shape index (κ1) is 25.9. The second kappa shape index (κ2) is 9.37. The van der Waals surface area contributed by atoms with Gasteiger partial charge in [0.25, 0.3) is 5.69 Å². The molecule has 0 unspecified atom stereocenters. The molecule has 0 bridgehead atoms. The molecule has 1 fully saturated rings. The summed E-state index contributed by atoms with van der Waals surface area (Å²) in [7, 11) is 1.47. The Morgan fingerprint density at radius 2 is 1.85 bits per heavy atom. The third-order valence-electron chi connectivity index (χ3n) is 8.18. The highest BCUT2D eigenvalue weighted by atomic mass is 79.9. The van der Waals surface area contributed by atoms with Crippen LogP contribution < -0.4 is 9.64 Å². The summed E-state index contributed by atoms with van der Waals surface area (Å²) in [6, 6.07) is 9.96. The number of imide groups is 1. The molecular weight excluding hydrogens is 584 g/mol. The van der Waals surface area contributed by atoms with Gasteiger partial charge in [0.05, 0.1) is 34.0 Å². The number of methoxy groups -OCH3 is 1. The Morgan fingerprint density at radius 3 is 2.58 bits per heavy atom. The molecule has 10 nitrogen and oxygen atoms in total. The zero-order valence-corrected chi connectivity index (χ0v) is 22.6. The number of phenols is 1. The number of nitro groups is 1. The minimum absolute atomic E-state index is 0.0544. The number of fused-ring (bicyclic) bond motifs is 3. The van der Waals surface area contributed by atoms with Gasteiger partial charge in [0, 0.05) is 40.8 Å². The van der Waals surface area contributed by atoms with Gasteiger partial charge in [-0.25, -0.2) is 4.90 Å². The molecule has 0 spiro atoms. The highest BCUT2D eigenvalue weighted by Gasteiger charge is 2.57. The molecule has 3 aliphatic carbocycles. The molecule has 6 rings (SSSR count). The number of ether oxygens (including phenoxy) is 1. The summed E-state index contributed by atoms with van der Waals surface area (Å²) in [6.07, 6.45) is 3.29. The Balaban J connectivity index is 1.49. The summed E-state index contributed by atoms with van der Waals surface area (Å²) in [5.41, 5.74) is 1.32. The fourth-order valence-corrected chi connectivity index (χ4v) is 6.90. The lowest BCUT2D eigenvalue weighted by molar-refractivity contribution is -0.384. The third kappa shape index (κ3) is 3.75. The first-order valence-corrected chi connectivity index (χ1v) is 13.3. The van der Waals surface area contributed by atoms with E-state index in [1.807, 2.05) is 6.08 Å². The van der Waals surface area contributed by atoms with Crippen LogP contribution in [0.1, 0.15) is 24.3 Å². The number of amides is 2. The van der Waals surface area contributed by atoms with Gasteiger partial charge in [-0.1, -0.05) is 17.7 Å². The molecule has 4 atom stereocenters. The van der Waals surface area contributed by atoms with Gasteiger partial charge < -0.3 is 9.84 Å². The number of rotatable bonds is 4. The predicted molar refractivity (Wildman–Crippen MR) is 145 cm³/mol. The first-order chi connectivity index (χ1) is 19.1. The van der Waals surface area contributed by atoms with E-state index in [0.717, 1.165) is 4.90 Å². The van der Waals surface area contributed by atoms with Crippen LogP contribution in [0, 0.1) is 27.9 Å². The largest absolute Gasteiger partial charge is 0.508 e. The maximum absolute atomic E-state index is 13.9. The molecule has 2 aromatic carbocycles. The van der Waals surface area contributed by atoms with Crippen molar-refractivity contribution >= 4 is 50.7 Å². The number of Topliss-reactive ketones (excluding diaryl/α,β-unsaturated/α-hetero) is 1. The predicted octanol–water partition coefficient (Wildman–Crippen LogP) is 4.28. The first-order valence-electron chi connectivity index (χ1n) is 12.5. The van der Waals surface area contributed by atoms with Gasteiger partial charge in [0.15, 0.2) is 11.6 Å². The number of carbonyl (C=O) groups is 4. The summed E-state index contributed by atoms with van der Waals surface area (Å²) >= 11 is 3.18. The van der Waals surface area contributed by atoms with Gasteiger partial charge in [0.2, 0.25) is 11.8 Å². The van der Waals surface area contributed by atoms with Crippen molar-refractivity contribution in [3.8, 4) is 11.5 Å². The van der Waals surface area contributed by atoms with Crippen molar-refractivity contribution in [3.05, 3.63) is 91.5 Å². The number of phenolic OH excluding ortho intramolecular Hbond substituents is 1. The molecule has 1 aliphatic heterocycles. The number of anilines is 1. The zero-order valence-electron chi connectivity index (χ0n) is 21.0. The number of benzene rings is 2. The number of hydrogen-bond donors (Lipinski definition) is 1. The van der Waals surface area contributed by atoms with E-state index in [9.17, 15) is 34.4 Å². The number of halogens is 1. The third-order valence-corrected chi connectivity index (χ3v) is 8.76. The van der Waals surface area contributed by atoms with Gasteiger partial charge in [-0.2, -0.15) is 0 Å². The summed E-state index contributed by atoms with van der Waals surface area (Å²) in [5, 5.41) is 22.2. The van der Waals surface area contributed by atoms with Crippen LogP contribution in [0.4, 0.5) is 11.4 Å². The second-order valence-corrected chi connectivity index (χ2v) is 11.0. The molecule has 11 heteroatoms. The Morgan fingerprint density at radius 1 is 1.07 bits per heavy atom. The van der Waals surface area contributed by atoms with Gasteiger partial charge in [0.1, 0.15) is 11.5 Å². The average molecular weight is 605 g/mol. The van der Waals surface area contributed by atoms with E-state index >= 15 is 0 Å². The molecular formula is C29H21BrN2O8. The van der Waals surface area contributed by atoms with Crippen molar-refractivity contribution in [2.24, 2.45) is 17.8 Å². The molecule has 1 N–H and O–H groups in total. The van der Waals surface area contributed by atoms with Crippen molar-refractivity contribution in [1.82, 2.24) is 0 Å². The Kier molecular flexibility index (Phi) is 6.06. The SMILES string of the molecule is COc1ccc(O)c([C@H]2C3=CC[C@@H]4C(=O)N(c5cccc([N+](=O)[O-])c5)C(=O)[C@@H]4[C@@H]3CC3=C2C(=O)C=C(Br)C3=O)c1. The van der Waals surface area contributed by atoms with E-state index in [0.29, 0.717) is 16.9 Å². The Hall–Kier alpha value is -4.38. The van der Waals surface area contributed by atoms with Gasteiger partial charge in [-0.15, -0.1) is 0 Å². The maximum Gasteiger partial charge on any atom is 0.271 e. The molecule has 1 saturated heterocycles. The topological polar surface area (TPSA) is 144 Å². The van der Waals surface area contributed by atoms with Crippen LogP contribution >= 0.6 is 15.9 Å². The van der Waals surface area contributed by atoms with Crippen LogP contribution in [0.25, 0.3) is 0 Å². The summed E-state index contributed by atoms with van der Waals surface area (Å²) in [5.74, 6) is -4.51. The zero-order chi connectivity index (χ0) is 28.5. The van der Waals surface area contributed by atoms with E-state index < -0.39 is 46.2 Å². The Bertz CT molecular complexity index is 1650. The number of non-ortho nitro benzene ring substituents is 1. The minimum Gasteiger partial charge on any atom is -0.508 e. The fourth-order valence-electron chi connectivity index (χ4n) is 6.45. The standard InChI is InChI=1S/C29H21BrN2O8/c1-40-15-5-8-22(33)19(10-15)24-16-6-7-17-25(18(16)11-20-26(24)23(34)12-21(30)27(20)35)29(37)31(28(17)36)13-3-2-4-14(9-13)32(38)39/h2-6,8-10,12,17-18,24-25,33H,7,11H2,1H3/t17-,18+,24+,25-/m0/s1. The molecule has 0 saturated carbocycles. The van der Waals surface area contributed by atoms with Crippen LogP contribution in [0.3, 0.4) is 0 Å². The van der Waals surface area contributed by atoms with Gasteiger partial charge in [-0.05, 0) is 59.0 Å². The minimum atomic E-state index is -0.858. The normalized spacial score (nSPS) is 25.7. The maximum atomic E-state index is 13.9. The van der Waals surface area contributed by atoms with E-state index in [2.05, 4.69) is 15.9 Å². The highest BCUT2D eigenvalue weighted by molar-refractivity contribution is 9.12. The van der Waals surface area contributed by atoms with Gasteiger partial charge in [-0.3, -0.25) is 29.3 Å². The molecule has 2 aromatic rings. The highest BCUT2D eigenvalue weighted by Crippen LogP contribution is 2.56. The van der Waals surface area contributed by atoms with Gasteiger partial charge >= 0.3 is 0 Å². The van der Waals surface area contributed by atoms with Crippen LogP contribution in [0.2, 0.25) is 0 Å². The number of nitrogens with zero attached hydrogens (tertiary/aromatic N) is 2. The average Bonchev–Trinajstić information content (AvgIpc) is 3.20. The van der Waals surface area contributed by atoms with Crippen LogP contribution in [0.15, 0.2) is 75.8 Å². The number of hydrogen-bond acceptors (Lipinski definition) is 8. The lowest BCUT2D eigenvalue weighted by Gasteiger charge is -2.42. The smallest absolute Gasteiger partial charge is 0.271 e. The van der Waals surface area contributed by atoms with E-state index in [-0.39, 0.29) is 51.4 Å². The summed E-state index contributed by atoms with van der Waals surface area (Å²) in [6.45, 7) is 0. The van der Waals surface area contributed by atoms with Crippen molar-refractivity contribution in [2.75, 3.05) is 12.0 Å². The van der Waals surface area contributed by atoms with Crippen LogP contribution in [-0.2, 0) is 19.2 Å². The molecule has 1 heterocycles. The molecule has 4 aliphatic rings. The monoisotopic (exact) mass is 604 g/mol. The van der Waals surface area contributed by atoms with Crippen molar-refractivity contribution < 1.29 is 33.9 Å². The van der Waals surface area contributed by atoms with E-state index in [1.165, 1.54) is 43.5 Å². The van der Waals surface area contributed by atoms with Crippen molar-refractivity contribution in [1.29, 1.82) is 0 Å². The number of aromatic hydroxyl groups is 1. The quantitative estimate of drug-likeness (QED) is 0.179. The van der Waals surface area contributed by atoms with Crippen molar-refractivity contribution in [2.45, 2.75) is 18.8 Å². The second-order valence-electron chi connectivity index (χ2n) is 10.1. The molecule has 40 heavy (non-hydrogen) atoms. The fraction of sp³-hybridized carbons (Fsp3) is 0.241. The van der Waals surface area contributed by atoms with E-state index in [1.54, 1.807) is 12.1 Å². The van der Waals surface area contributed by atoms with Crippen molar-refractivity contribution in [3.63, 3.8) is 0 Å². The molecule has 0 aromatic heterocycles. The Labute approximate surface area is 235 Å². The lowest BCUT2D eigenvalue weighted by Crippen LogP contribution is -2.39. The molecule has 202 valence electrons. The molecule has 2 amide bonds. The number of ketones is 2. The summed E-state index contributed by atoms with van der Waals surface area (Å²) in [4.78, 5) is 65.9. The van der Waals surface area contributed by atoms with E-state index in [4.69, 9.17) is 4.74 Å². The lowest BCUT2D eigenvalue weighted by atomic mass is 9.59. The number of nitro benzene ring substituents is 1. The molecule has 0 radical (unpaired) electrons.